The molecule has 0 N–H and O–H groups in total. The monoisotopic (exact) mass is 324 g/mol. The van der Waals surface area contributed by atoms with E-state index in [2.05, 4.69) is 15.1 Å². The maximum absolute atomic E-state index is 13.5. The fourth-order valence-corrected chi connectivity index (χ4v) is 3.10. The minimum absolute atomic E-state index is 0.116. The van der Waals surface area contributed by atoms with Crippen molar-refractivity contribution in [2.24, 2.45) is 0 Å². The third kappa shape index (κ3) is 3.01. The van der Waals surface area contributed by atoms with Crippen LogP contribution in [0.15, 0.2) is 16.1 Å². The smallest absolute Gasteiger partial charge is 0.257 e. The lowest BCUT2D eigenvalue weighted by Gasteiger charge is -2.31. The summed E-state index contributed by atoms with van der Waals surface area (Å²) in [5.41, 5.74) is 0. The Morgan fingerprint density at radius 2 is 2.32 bits per heavy atom. The van der Waals surface area contributed by atoms with Gasteiger partial charge in [0.2, 0.25) is 11.7 Å². The predicted molar refractivity (Wildman–Crippen MR) is 79.1 cm³/mol. The van der Waals surface area contributed by atoms with E-state index in [0.29, 0.717) is 37.6 Å². The molecule has 6 nitrogen and oxygen atoms in total. The number of aromatic nitrogens is 3. The van der Waals surface area contributed by atoms with Gasteiger partial charge in [0, 0.05) is 30.6 Å². The summed E-state index contributed by atoms with van der Waals surface area (Å²) in [6.07, 6.45) is 1.95. The zero-order valence-electron chi connectivity index (χ0n) is 12.2. The Bertz CT molecular complexity index is 623. The van der Waals surface area contributed by atoms with E-state index in [9.17, 15) is 9.18 Å². The molecule has 8 heteroatoms. The second-order valence-corrected chi connectivity index (χ2v) is 6.16. The number of alkyl halides is 1. The lowest BCUT2D eigenvalue weighted by Crippen LogP contribution is -2.42. The van der Waals surface area contributed by atoms with Gasteiger partial charge in [0.05, 0.1) is 0 Å². The number of thiazole rings is 1. The summed E-state index contributed by atoms with van der Waals surface area (Å²) in [6, 6.07) is 0. The second-order valence-electron chi connectivity index (χ2n) is 5.27. The van der Waals surface area contributed by atoms with Crippen LogP contribution in [0.25, 0.3) is 10.8 Å². The molecule has 0 saturated carbocycles. The largest absolute Gasteiger partial charge is 0.340 e. The first-order valence-electron chi connectivity index (χ1n) is 7.35. The van der Waals surface area contributed by atoms with Crippen LogP contribution in [0.2, 0.25) is 0 Å². The van der Waals surface area contributed by atoms with Crippen LogP contribution in [-0.2, 0) is 4.79 Å². The van der Waals surface area contributed by atoms with Crippen molar-refractivity contribution >= 4 is 17.2 Å². The third-order valence-electron chi connectivity index (χ3n) is 3.85. The van der Waals surface area contributed by atoms with Gasteiger partial charge in [0.25, 0.3) is 5.91 Å². The Morgan fingerprint density at radius 1 is 1.55 bits per heavy atom. The van der Waals surface area contributed by atoms with E-state index in [1.807, 2.05) is 5.38 Å². The predicted octanol–water partition coefficient (Wildman–Crippen LogP) is 2.65. The first kappa shape index (κ1) is 15.1. The first-order valence-corrected chi connectivity index (χ1v) is 8.23. The highest BCUT2D eigenvalue weighted by atomic mass is 32.1. The number of amides is 1. The van der Waals surface area contributed by atoms with E-state index < -0.39 is 12.1 Å². The van der Waals surface area contributed by atoms with Crippen LogP contribution in [0.1, 0.15) is 38.0 Å². The van der Waals surface area contributed by atoms with Crippen molar-refractivity contribution in [2.75, 3.05) is 13.1 Å². The topological polar surface area (TPSA) is 72.1 Å². The number of likely N-dealkylation sites (tertiary alicyclic amines) is 1. The van der Waals surface area contributed by atoms with Gasteiger partial charge < -0.3 is 9.42 Å². The molecule has 0 aromatic carbocycles. The average molecular weight is 324 g/mol. The molecule has 1 atom stereocenters. The number of carbonyl (C=O) groups is 1. The van der Waals surface area contributed by atoms with Crippen molar-refractivity contribution in [1.82, 2.24) is 20.0 Å². The Kier molecular flexibility index (Phi) is 4.47. The van der Waals surface area contributed by atoms with E-state index in [4.69, 9.17) is 4.52 Å². The van der Waals surface area contributed by atoms with Crippen molar-refractivity contribution in [2.45, 2.75) is 38.3 Å². The van der Waals surface area contributed by atoms with Crippen LogP contribution in [-0.4, -0.2) is 45.2 Å². The van der Waals surface area contributed by atoms with E-state index in [1.54, 1.807) is 18.0 Å². The van der Waals surface area contributed by atoms with E-state index >= 15 is 0 Å². The van der Waals surface area contributed by atoms with Crippen LogP contribution in [0, 0.1) is 0 Å². The fourth-order valence-electron chi connectivity index (χ4n) is 2.54. The summed E-state index contributed by atoms with van der Waals surface area (Å²) < 4.78 is 18.8. The quantitative estimate of drug-likeness (QED) is 0.864. The molecule has 1 aliphatic heterocycles. The highest BCUT2D eigenvalue weighted by Crippen LogP contribution is 2.29. The number of nitrogens with zero attached hydrogens (tertiary/aromatic N) is 4. The van der Waals surface area contributed by atoms with Crippen molar-refractivity contribution in [1.29, 1.82) is 0 Å². The highest BCUT2D eigenvalue weighted by molar-refractivity contribution is 7.12. The summed E-state index contributed by atoms with van der Waals surface area (Å²) in [5.74, 6) is 0.780. The van der Waals surface area contributed by atoms with Crippen molar-refractivity contribution < 1.29 is 13.7 Å². The van der Waals surface area contributed by atoms with Gasteiger partial charge in [-0.2, -0.15) is 4.98 Å². The van der Waals surface area contributed by atoms with E-state index in [1.165, 1.54) is 11.3 Å². The van der Waals surface area contributed by atoms with Crippen molar-refractivity contribution in [3.63, 3.8) is 0 Å². The molecular weight excluding hydrogens is 307 g/mol. The summed E-state index contributed by atoms with van der Waals surface area (Å²) in [5, 5.41) is 6.54. The minimum atomic E-state index is -1.39. The van der Waals surface area contributed by atoms with Crippen molar-refractivity contribution in [3.8, 4) is 10.8 Å². The number of rotatable bonds is 4. The SMILES string of the molecule is CCC(F)C(=O)N1CCC(c2nc(-c3nccs3)no2)CC1. The van der Waals surface area contributed by atoms with Gasteiger partial charge in [-0.15, -0.1) is 11.3 Å². The highest BCUT2D eigenvalue weighted by Gasteiger charge is 2.30. The van der Waals surface area contributed by atoms with Crippen LogP contribution >= 0.6 is 11.3 Å². The lowest BCUT2D eigenvalue weighted by atomic mass is 9.96. The molecule has 1 fully saturated rings. The molecule has 1 saturated heterocycles. The van der Waals surface area contributed by atoms with Crippen LogP contribution in [0.4, 0.5) is 4.39 Å². The number of hydrogen-bond acceptors (Lipinski definition) is 6. The van der Waals surface area contributed by atoms with E-state index in [0.717, 1.165) is 5.01 Å². The number of piperidine rings is 1. The normalized spacial score (nSPS) is 17.6. The molecule has 1 amide bonds. The van der Waals surface area contributed by atoms with Crippen molar-refractivity contribution in [3.05, 3.63) is 17.5 Å². The molecular formula is C14H17FN4O2S. The third-order valence-corrected chi connectivity index (χ3v) is 4.62. The summed E-state index contributed by atoms with van der Waals surface area (Å²) in [7, 11) is 0. The van der Waals surface area contributed by atoms with Gasteiger partial charge in [-0.05, 0) is 19.3 Å². The molecule has 0 spiro atoms. The molecule has 0 radical (unpaired) electrons. The Hall–Kier alpha value is -1.83. The second kappa shape index (κ2) is 6.51. The Labute approximate surface area is 131 Å². The number of hydrogen-bond donors (Lipinski definition) is 0. The maximum atomic E-state index is 13.5. The molecule has 2 aromatic rings. The molecule has 1 unspecified atom stereocenters. The average Bonchev–Trinajstić information content (AvgIpc) is 3.24. The minimum Gasteiger partial charge on any atom is -0.340 e. The summed E-state index contributed by atoms with van der Waals surface area (Å²) in [4.78, 5) is 21.9. The summed E-state index contributed by atoms with van der Waals surface area (Å²) >= 11 is 1.46. The Morgan fingerprint density at radius 3 is 2.95 bits per heavy atom. The Balaban J connectivity index is 1.61. The van der Waals surface area contributed by atoms with Gasteiger partial charge in [0.15, 0.2) is 11.2 Å². The lowest BCUT2D eigenvalue weighted by molar-refractivity contribution is -0.137. The summed E-state index contributed by atoms with van der Waals surface area (Å²) in [6.45, 7) is 2.73. The van der Waals surface area contributed by atoms with Gasteiger partial charge in [-0.25, -0.2) is 9.37 Å². The van der Waals surface area contributed by atoms with Gasteiger partial charge >= 0.3 is 0 Å². The number of carbonyl (C=O) groups excluding carboxylic acids is 1. The molecule has 2 aromatic heterocycles. The van der Waals surface area contributed by atoms with Crippen LogP contribution in [0.5, 0.6) is 0 Å². The van der Waals surface area contributed by atoms with E-state index in [-0.39, 0.29) is 12.3 Å². The fraction of sp³-hybridized carbons (Fsp3) is 0.571. The first-order chi connectivity index (χ1) is 10.7. The zero-order valence-corrected chi connectivity index (χ0v) is 13.1. The van der Waals surface area contributed by atoms with Gasteiger partial charge in [-0.1, -0.05) is 12.1 Å². The molecule has 118 valence electrons. The number of halogens is 1. The zero-order chi connectivity index (χ0) is 15.5. The molecule has 1 aliphatic rings. The van der Waals surface area contributed by atoms with Crippen LogP contribution in [0.3, 0.4) is 0 Å². The molecule has 22 heavy (non-hydrogen) atoms. The van der Waals surface area contributed by atoms with Gasteiger partial charge in [0.1, 0.15) is 0 Å². The molecule has 0 aliphatic carbocycles. The molecule has 0 bridgehead atoms. The maximum Gasteiger partial charge on any atom is 0.257 e. The standard InChI is InChI=1S/C14H17FN4O2S/c1-2-10(15)14(20)19-6-3-9(4-7-19)12-17-11(18-21-12)13-16-5-8-22-13/h5,8-10H,2-4,6-7H2,1H3. The van der Waals surface area contributed by atoms with Crippen LogP contribution < -0.4 is 0 Å². The van der Waals surface area contributed by atoms with Gasteiger partial charge in [-0.3, -0.25) is 4.79 Å². The molecule has 3 heterocycles. The molecule has 3 rings (SSSR count).